The molecule has 0 aromatic heterocycles. The highest BCUT2D eigenvalue weighted by atomic mass is 35.5. The maximum atomic E-state index is 12.5. The van der Waals surface area contributed by atoms with Gasteiger partial charge in [-0.15, -0.1) is 12.4 Å². The number of hydrogen-bond donors (Lipinski definition) is 3. The number of benzene rings is 1. The second kappa shape index (κ2) is 10.6. The van der Waals surface area contributed by atoms with Gasteiger partial charge < -0.3 is 20.9 Å². The molecule has 4 N–H and O–H groups in total. The van der Waals surface area contributed by atoms with Crippen molar-refractivity contribution >= 4 is 40.1 Å². The third-order valence-electron chi connectivity index (χ3n) is 4.37. The van der Waals surface area contributed by atoms with Gasteiger partial charge in [0.25, 0.3) is 0 Å². The van der Waals surface area contributed by atoms with Gasteiger partial charge in [0.2, 0.25) is 15.9 Å². The van der Waals surface area contributed by atoms with Crippen molar-refractivity contribution in [1.82, 2.24) is 14.5 Å². The summed E-state index contributed by atoms with van der Waals surface area (Å²) in [5.74, 6) is -0.386. The predicted octanol–water partition coefficient (Wildman–Crippen LogP) is 0.678. The summed E-state index contributed by atoms with van der Waals surface area (Å²) in [5, 5.41) is 2.78. The van der Waals surface area contributed by atoms with Crippen LogP contribution in [-0.2, 0) is 14.8 Å². The van der Waals surface area contributed by atoms with Gasteiger partial charge in [-0.2, -0.15) is 0 Å². The van der Waals surface area contributed by atoms with Gasteiger partial charge >= 0.3 is 6.03 Å². The van der Waals surface area contributed by atoms with Crippen molar-refractivity contribution in [2.45, 2.75) is 17.7 Å². The van der Waals surface area contributed by atoms with E-state index in [1.54, 1.807) is 31.1 Å². The molecule has 9 nitrogen and oxygen atoms in total. The molecule has 158 valence electrons. The Kier molecular flexibility index (Phi) is 9.15. The average molecular weight is 434 g/mol. The second-order valence-electron chi connectivity index (χ2n) is 6.64. The number of carbonyl (C=O) groups excluding carboxylic acids is 2. The Balaban J connectivity index is 0.00000392. The Labute approximate surface area is 172 Å². The number of nitrogens with one attached hydrogen (secondary N) is 2. The average Bonchev–Trinajstić information content (AvgIpc) is 2.66. The fourth-order valence-electron chi connectivity index (χ4n) is 2.88. The number of anilines is 1. The number of urea groups is 1. The lowest BCUT2D eigenvalue weighted by atomic mass is 9.96. The van der Waals surface area contributed by atoms with Crippen LogP contribution in [0.25, 0.3) is 0 Å². The molecule has 0 unspecified atom stereocenters. The minimum absolute atomic E-state index is 0. The van der Waals surface area contributed by atoms with Crippen LogP contribution in [0.4, 0.5) is 10.5 Å². The van der Waals surface area contributed by atoms with Crippen molar-refractivity contribution in [1.29, 1.82) is 0 Å². The molecule has 1 heterocycles. The van der Waals surface area contributed by atoms with E-state index in [2.05, 4.69) is 10.0 Å². The third-order valence-corrected chi connectivity index (χ3v) is 5.83. The largest absolute Gasteiger partial charge is 0.331 e. The standard InChI is InChI=1S/C17H27N5O4S.ClH/c1-21(2)17(24)22-10-6-13(7-11-22)16(23)20-14-4-3-5-15(12-14)27(25,26)19-9-8-18;/h3-5,12-13,19H,6-11,18H2,1-2H3,(H,20,23);1H. The van der Waals surface area contributed by atoms with Crippen LogP contribution >= 0.6 is 12.4 Å². The number of amides is 3. The Morgan fingerprint density at radius 3 is 2.46 bits per heavy atom. The molecule has 0 spiro atoms. The van der Waals surface area contributed by atoms with E-state index >= 15 is 0 Å². The van der Waals surface area contributed by atoms with Gasteiger partial charge in [0, 0.05) is 51.9 Å². The van der Waals surface area contributed by atoms with Gasteiger partial charge in [0.05, 0.1) is 4.90 Å². The molecule has 1 aliphatic heterocycles. The topological polar surface area (TPSA) is 125 Å². The maximum Gasteiger partial charge on any atom is 0.319 e. The first-order chi connectivity index (χ1) is 12.7. The molecule has 0 radical (unpaired) electrons. The van der Waals surface area contributed by atoms with E-state index in [4.69, 9.17) is 5.73 Å². The molecule has 0 bridgehead atoms. The monoisotopic (exact) mass is 433 g/mol. The summed E-state index contributed by atoms with van der Waals surface area (Å²) >= 11 is 0. The molecule has 1 fully saturated rings. The van der Waals surface area contributed by atoms with E-state index < -0.39 is 10.0 Å². The number of sulfonamides is 1. The van der Waals surface area contributed by atoms with Gasteiger partial charge in [0.15, 0.2) is 0 Å². The zero-order valence-electron chi connectivity index (χ0n) is 16.1. The van der Waals surface area contributed by atoms with Crippen molar-refractivity contribution in [3.63, 3.8) is 0 Å². The first kappa shape index (κ1) is 24.2. The number of rotatable bonds is 6. The van der Waals surface area contributed by atoms with Crippen molar-refractivity contribution < 1.29 is 18.0 Å². The Morgan fingerprint density at radius 1 is 1.25 bits per heavy atom. The zero-order chi connectivity index (χ0) is 20.0. The van der Waals surface area contributed by atoms with Gasteiger partial charge in [-0.25, -0.2) is 17.9 Å². The lowest BCUT2D eigenvalue weighted by molar-refractivity contribution is -0.121. The van der Waals surface area contributed by atoms with E-state index in [1.165, 1.54) is 17.0 Å². The molecular weight excluding hydrogens is 406 g/mol. The molecule has 3 amide bonds. The Bertz CT molecular complexity index is 780. The Morgan fingerprint density at radius 2 is 1.89 bits per heavy atom. The second-order valence-corrected chi connectivity index (χ2v) is 8.41. The minimum Gasteiger partial charge on any atom is -0.331 e. The highest BCUT2D eigenvalue weighted by Gasteiger charge is 2.28. The van der Waals surface area contributed by atoms with Crippen LogP contribution in [-0.4, -0.2) is 70.4 Å². The van der Waals surface area contributed by atoms with E-state index in [0.29, 0.717) is 31.6 Å². The van der Waals surface area contributed by atoms with E-state index in [9.17, 15) is 18.0 Å². The van der Waals surface area contributed by atoms with Gasteiger partial charge in [0.1, 0.15) is 0 Å². The van der Waals surface area contributed by atoms with E-state index in [1.807, 2.05) is 0 Å². The number of hydrogen-bond acceptors (Lipinski definition) is 5. The number of likely N-dealkylation sites (tertiary alicyclic amines) is 1. The van der Waals surface area contributed by atoms with Gasteiger partial charge in [-0.3, -0.25) is 4.79 Å². The summed E-state index contributed by atoms with van der Waals surface area (Å²) in [6, 6.07) is 6.04. The molecule has 2 rings (SSSR count). The lowest BCUT2D eigenvalue weighted by Gasteiger charge is -2.33. The molecule has 0 aliphatic carbocycles. The van der Waals surface area contributed by atoms with Crippen LogP contribution in [0.5, 0.6) is 0 Å². The number of piperidine rings is 1. The molecule has 1 aromatic carbocycles. The lowest BCUT2D eigenvalue weighted by Crippen LogP contribution is -2.45. The summed E-state index contributed by atoms with van der Waals surface area (Å²) in [6.45, 7) is 1.38. The molecule has 1 aliphatic rings. The van der Waals surface area contributed by atoms with Crippen LogP contribution in [0.1, 0.15) is 12.8 Å². The highest BCUT2D eigenvalue weighted by molar-refractivity contribution is 7.89. The molecule has 1 saturated heterocycles. The fraction of sp³-hybridized carbons (Fsp3) is 0.529. The quantitative estimate of drug-likeness (QED) is 0.608. The molecule has 11 heteroatoms. The van der Waals surface area contributed by atoms with Crippen LogP contribution in [0.2, 0.25) is 0 Å². The number of halogens is 1. The van der Waals surface area contributed by atoms with Gasteiger partial charge in [-0.1, -0.05) is 6.07 Å². The van der Waals surface area contributed by atoms with E-state index in [0.717, 1.165) is 0 Å². The third kappa shape index (κ3) is 6.33. The zero-order valence-corrected chi connectivity index (χ0v) is 17.7. The van der Waals surface area contributed by atoms with Crippen LogP contribution < -0.4 is 15.8 Å². The maximum absolute atomic E-state index is 12.5. The molecule has 28 heavy (non-hydrogen) atoms. The first-order valence-corrected chi connectivity index (χ1v) is 10.3. The fourth-order valence-corrected chi connectivity index (χ4v) is 3.97. The summed E-state index contributed by atoms with van der Waals surface area (Å²) < 4.78 is 26.7. The summed E-state index contributed by atoms with van der Waals surface area (Å²) in [7, 11) is -0.263. The predicted molar refractivity (Wildman–Crippen MR) is 110 cm³/mol. The van der Waals surface area contributed by atoms with Crippen molar-refractivity contribution in [3.05, 3.63) is 24.3 Å². The number of nitrogens with two attached hydrogens (primary N) is 1. The summed E-state index contributed by atoms with van der Waals surface area (Å²) in [4.78, 5) is 27.8. The Hall–Kier alpha value is -1.88. The summed E-state index contributed by atoms with van der Waals surface area (Å²) in [5.41, 5.74) is 5.74. The first-order valence-electron chi connectivity index (χ1n) is 8.81. The number of nitrogens with zero attached hydrogens (tertiary/aromatic N) is 2. The minimum atomic E-state index is -3.66. The van der Waals surface area contributed by atoms with Crippen LogP contribution in [0.15, 0.2) is 29.2 Å². The van der Waals surface area contributed by atoms with Gasteiger partial charge in [-0.05, 0) is 31.0 Å². The van der Waals surface area contributed by atoms with Crippen molar-refractivity contribution in [2.24, 2.45) is 11.7 Å². The molecule has 0 atom stereocenters. The molecule has 1 aromatic rings. The molecule has 0 saturated carbocycles. The molecular formula is C17H28ClN5O4S. The smallest absolute Gasteiger partial charge is 0.319 e. The normalized spacial score (nSPS) is 14.9. The van der Waals surface area contributed by atoms with Crippen LogP contribution in [0.3, 0.4) is 0 Å². The van der Waals surface area contributed by atoms with Crippen LogP contribution in [0, 0.1) is 5.92 Å². The van der Waals surface area contributed by atoms with E-state index in [-0.39, 0.29) is 48.2 Å². The summed E-state index contributed by atoms with van der Waals surface area (Å²) in [6.07, 6.45) is 1.14. The SMILES string of the molecule is CN(C)C(=O)N1CCC(C(=O)Nc2cccc(S(=O)(=O)NCCN)c2)CC1.Cl. The van der Waals surface area contributed by atoms with Crippen molar-refractivity contribution in [2.75, 3.05) is 45.6 Å². The van der Waals surface area contributed by atoms with Crippen molar-refractivity contribution in [3.8, 4) is 0 Å². The highest BCUT2D eigenvalue weighted by Crippen LogP contribution is 2.21. The number of carbonyl (C=O) groups is 2.